The third-order valence-corrected chi connectivity index (χ3v) is 5.35. The lowest BCUT2D eigenvalue weighted by Gasteiger charge is -2.22. The highest BCUT2D eigenvalue weighted by atomic mass is 19.1. The van der Waals surface area contributed by atoms with Gasteiger partial charge in [-0.25, -0.2) is 9.37 Å². The molecule has 5 heteroatoms. The molecule has 0 radical (unpaired) electrons. The number of pyridine rings is 1. The van der Waals surface area contributed by atoms with Crippen LogP contribution < -0.4 is 10.5 Å². The summed E-state index contributed by atoms with van der Waals surface area (Å²) in [4.78, 5) is 14.8. The first kappa shape index (κ1) is 15.1. The average molecular weight is 326 g/mol. The van der Waals surface area contributed by atoms with Gasteiger partial charge in [0.15, 0.2) is 5.82 Å². The van der Waals surface area contributed by atoms with Crippen molar-refractivity contribution in [3.63, 3.8) is 0 Å². The van der Waals surface area contributed by atoms with Crippen molar-refractivity contribution in [3.05, 3.63) is 53.5 Å². The van der Waals surface area contributed by atoms with E-state index in [2.05, 4.69) is 17.1 Å². The third kappa shape index (κ3) is 2.75. The molecule has 0 aliphatic heterocycles. The Kier molecular flexibility index (Phi) is 3.71. The van der Waals surface area contributed by atoms with Gasteiger partial charge in [0.1, 0.15) is 5.75 Å². The summed E-state index contributed by atoms with van der Waals surface area (Å²) < 4.78 is 19.4. The minimum Gasteiger partial charge on any atom is -0.436 e. The van der Waals surface area contributed by atoms with Crippen molar-refractivity contribution in [2.45, 2.75) is 31.6 Å². The van der Waals surface area contributed by atoms with Crippen LogP contribution >= 0.6 is 0 Å². The SMILES string of the molecule is NC(=O)c1cnc(Oc2ccc(C3CC4CCC3C4)cc2)c(F)c1. The fraction of sp³-hybridized carbons (Fsp3) is 0.368. The van der Waals surface area contributed by atoms with Crippen LogP contribution in [0.3, 0.4) is 0 Å². The number of aromatic nitrogens is 1. The Balaban J connectivity index is 1.48. The van der Waals surface area contributed by atoms with Gasteiger partial charge in [-0.05, 0) is 60.8 Å². The van der Waals surface area contributed by atoms with Crippen molar-refractivity contribution in [2.75, 3.05) is 0 Å². The lowest BCUT2D eigenvalue weighted by atomic mass is 9.83. The van der Waals surface area contributed by atoms with E-state index < -0.39 is 11.7 Å². The number of carbonyl (C=O) groups is 1. The van der Waals surface area contributed by atoms with Crippen LogP contribution in [0.5, 0.6) is 11.6 Å². The standard InChI is InChI=1S/C19H19FN2O2/c20-17-9-14(18(21)23)10-22-19(17)24-15-5-3-12(4-6-15)16-8-11-1-2-13(16)7-11/h3-6,9-11,13,16H,1-2,7-8H2,(H2,21,23). The van der Waals surface area contributed by atoms with Crippen molar-refractivity contribution >= 4 is 5.91 Å². The number of hydrogen-bond donors (Lipinski definition) is 1. The number of amides is 1. The van der Waals surface area contributed by atoms with E-state index in [1.165, 1.54) is 37.4 Å². The first-order valence-corrected chi connectivity index (χ1v) is 8.33. The molecule has 2 fully saturated rings. The van der Waals surface area contributed by atoms with Gasteiger partial charge in [-0.3, -0.25) is 4.79 Å². The molecule has 24 heavy (non-hydrogen) atoms. The summed E-state index contributed by atoms with van der Waals surface area (Å²) in [5, 5.41) is 0. The van der Waals surface area contributed by atoms with Gasteiger partial charge in [-0.15, -0.1) is 0 Å². The second-order valence-electron chi connectivity index (χ2n) is 6.83. The second kappa shape index (κ2) is 5.89. The van der Waals surface area contributed by atoms with Crippen LogP contribution in [0, 0.1) is 17.7 Å². The van der Waals surface area contributed by atoms with Gasteiger partial charge >= 0.3 is 0 Å². The molecule has 1 heterocycles. The van der Waals surface area contributed by atoms with E-state index in [0.29, 0.717) is 11.7 Å². The Morgan fingerprint density at radius 1 is 1.21 bits per heavy atom. The number of fused-ring (bicyclic) bond motifs is 2. The summed E-state index contributed by atoms with van der Waals surface area (Å²) in [5.74, 6) is 1.32. The number of primary amides is 1. The number of hydrogen-bond acceptors (Lipinski definition) is 3. The van der Waals surface area contributed by atoms with Crippen molar-refractivity contribution in [3.8, 4) is 11.6 Å². The van der Waals surface area contributed by atoms with Crippen LogP contribution in [0.1, 0.15) is 47.5 Å². The van der Waals surface area contributed by atoms with E-state index in [1.807, 2.05) is 12.1 Å². The van der Waals surface area contributed by atoms with E-state index in [-0.39, 0.29) is 11.4 Å². The van der Waals surface area contributed by atoms with Crippen LogP contribution in [-0.2, 0) is 0 Å². The highest BCUT2D eigenvalue weighted by Gasteiger charge is 2.39. The Hall–Kier alpha value is -2.43. The lowest BCUT2D eigenvalue weighted by molar-refractivity contribution is 0.0999. The Morgan fingerprint density at radius 2 is 2.00 bits per heavy atom. The number of halogens is 1. The smallest absolute Gasteiger partial charge is 0.255 e. The van der Waals surface area contributed by atoms with Gasteiger partial charge < -0.3 is 10.5 Å². The molecule has 4 rings (SSSR count). The molecule has 2 saturated carbocycles. The zero-order valence-corrected chi connectivity index (χ0v) is 13.2. The minimum absolute atomic E-state index is 0.0199. The van der Waals surface area contributed by atoms with Crippen molar-refractivity contribution in [2.24, 2.45) is 17.6 Å². The molecule has 1 aromatic heterocycles. The molecule has 1 amide bonds. The predicted molar refractivity (Wildman–Crippen MR) is 87.4 cm³/mol. The van der Waals surface area contributed by atoms with Crippen molar-refractivity contribution < 1.29 is 13.9 Å². The Morgan fingerprint density at radius 3 is 2.58 bits per heavy atom. The first-order valence-electron chi connectivity index (χ1n) is 8.33. The zero-order valence-electron chi connectivity index (χ0n) is 13.2. The number of benzene rings is 1. The Bertz CT molecular complexity index is 775. The molecular formula is C19H19FN2O2. The number of nitrogens with two attached hydrogens (primary N) is 1. The van der Waals surface area contributed by atoms with Gasteiger partial charge in [0.2, 0.25) is 5.91 Å². The summed E-state index contributed by atoms with van der Waals surface area (Å²) in [6.07, 6.45) is 6.59. The third-order valence-electron chi connectivity index (χ3n) is 5.35. The number of nitrogens with zero attached hydrogens (tertiary/aromatic N) is 1. The molecule has 4 nitrogen and oxygen atoms in total. The van der Waals surface area contributed by atoms with E-state index in [4.69, 9.17) is 10.5 Å². The average Bonchev–Trinajstić information content (AvgIpc) is 3.20. The monoisotopic (exact) mass is 326 g/mol. The van der Waals surface area contributed by atoms with Gasteiger partial charge in [0.25, 0.3) is 5.88 Å². The fourth-order valence-corrected chi connectivity index (χ4v) is 4.18. The van der Waals surface area contributed by atoms with Crippen LogP contribution in [0.4, 0.5) is 4.39 Å². The van der Waals surface area contributed by atoms with Crippen LogP contribution in [0.25, 0.3) is 0 Å². The predicted octanol–water partition coefficient (Wildman–Crippen LogP) is 4.02. The summed E-state index contributed by atoms with van der Waals surface area (Å²) >= 11 is 0. The van der Waals surface area contributed by atoms with Gasteiger partial charge in [-0.1, -0.05) is 18.6 Å². The van der Waals surface area contributed by atoms with E-state index in [0.717, 1.165) is 17.9 Å². The molecule has 1 aromatic carbocycles. The maximum atomic E-state index is 13.9. The molecule has 0 saturated heterocycles. The fourth-order valence-electron chi connectivity index (χ4n) is 4.18. The van der Waals surface area contributed by atoms with Gasteiger partial charge in [-0.2, -0.15) is 0 Å². The molecule has 2 aliphatic carbocycles. The summed E-state index contributed by atoms with van der Waals surface area (Å²) in [7, 11) is 0. The topological polar surface area (TPSA) is 65.2 Å². The molecular weight excluding hydrogens is 307 g/mol. The molecule has 2 N–H and O–H groups in total. The summed E-state index contributed by atoms with van der Waals surface area (Å²) in [6, 6.07) is 8.87. The lowest BCUT2D eigenvalue weighted by Crippen LogP contribution is -2.11. The highest BCUT2D eigenvalue weighted by molar-refractivity contribution is 5.92. The molecule has 2 aliphatic rings. The molecule has 3 unspecified atom stereocenters. The molecule has 124 valence electrons. The van der Waals surface area contributed by atoms with E-state index in [1.54, 1.807) is 0 Å². The van der Waals surface area contributed by atoms with E-state index in [9.17, 15) is 9.18 Å². The second-order valence-corrected chi connectivity index (χ2v) is 6.83. The maximum Gasteiger partial charge on any atom is 0.255 e. The van der Waals surface area contributed by atoms with Gasteiger partial charge in [0.05, 0.1) is 5.56 Å². The van der Waals surface area contributed by atoms with Crippen LogP contribution in [0.2, 0.25) is 0 Å². The van der Waals surface area contributed by atoms with Crippen molar-refractivity contribution in [1.29, 1.82) is 0 Å². The first-order chi connectivity index (χ1) is 11.6. The highest BCUT2D eigenvalue weighted by Crippen LogP contribution is 2.52. The number of carbonyl (C=O) groups excluding carboxylic acids is 1. The number of ether oxygens (including phenoxy) is 1. The van der Waals surface area contributed by atoms with Crippen LogP contribution in [0.15, 0.2) is 36.5 Å². The van der Waals surface area contributed by atoms with E-state index >= 15 is 0 Å². The minimum atomic E-state index is -0.719. The van der Waals surface area contributed by atoms with Crippen LogP contribution in [-0.4, -0.2) is 10.9 Å². The molecule has 2 bridgehead atoms. The zero-order chi connectivity index (χ0) is 16.7. The van der Waals surface area contributed by atoms with Crippen molar-refractivity contribution in [1.82, 2.24) is 4.98 Å². The van der Waals surface area contributed by atoms with Gasteiger partial charge in [0, 0.05) is 6.20 Å². The molecule has 2 aromatic rings. The maximum absolute atomic E-state index is 13.9. The summed E-state index contributed by atoms with van der Waals surface area (Å²) in [6.45, 7) is 0. The molecule has 0 spiro atoms. The summed E-state index contributed by atoms with van der Waals surface area (Å²) in [5.41, 5.74) is 6.46. The largest absolute Gasteiger partial charge is 0.436 e. The Labute approximate surface area is 139 Å². The number of rotatable bonds is 4. The normalized spacial score (nSPS) is 25.0. The molecule has 3 atom stereocenters. The quantitative estimate of drug-likeness (QED) is 0.923.